The summed E-state index contributed by atoms with van der Waals surface area (Å²) < 4.78 is 2.06. The summed E-state index contributed by atoms with van der Waals surface area (Å²) >= 11 is 8.33. The van der Waals surface area contributed by atoms with Crippen LogP contribution in [0.1, 0.15) is 0 Å². The Kier molecular flexibility index (Phi) is 4.17. The van der Waals surface area contributed by atoms with Crippen molar-refractivity contribution in [1.82, 2.24) is 29.2 Å². The van der Waals surface area contributed by atoms with Crippen molar-refractivity contribution in [2.45, 2.75) is 4.90 Å². The van der Waals surface area contributed by atoms with Crippen LogP contribution in [-0.4, -0.2) is 43.3 Å². The Morgan fingerprint density at radius 2 is 1.61 bits per heavy atom. The molecule has 2 aromatic carbocycles. The highest BCUT2D eigenvalue weighted by molar-refractivity contribution is 7.97. The lowest BCUT2D eigenvalue weighted by Crippen LogP contribution is -1.98. The molecule has 8 heteroatoms. The topological polar surface area (TPSA) is 73.5 Å². The summed E-state index contributed by atoms with van der Waals surface area (Å²) in [6.07, 6.45) is 3.58. The highest BCUT2D eigenvalue weighted by Crippen LogP contribution is 2.39. The van der Waals surface area contributed by atoms with Gasteiger partial charge in [0, 0.05) is 39.0 Å². The van der Waals surface area contributed by atoms with Crippen molar-refractivity contribution in [2.24, 2.45) is 0 Å². The van der Waals surface area contributed by atoms with Crippen LogP contribution in [0.3, 0.4) is 0 Å². The second kappa shape index (κ2) is 6.95. The monoisotopic (exact) mass is 444 g/mol. The van der Waals surface area contributed by atoms with Gasteiger partial charge in [0.1, 0.15) is 11.0 Å². The molecule has 0 spiro atoms. The van der Waals surface area contributed by atoms with Crippen molar-refractivity contribution in [3.8, 4) is 11.4 Å². The number of nitrogens with one attached hydrogen (secondary N) is 2. The molecule has 0 atom stereocenters. The first-order chi connectivity index (χ1) is 15.1. The van der Waals surface area contributed by atoms with Crippen LogP contribution in [0.25, 0.3) is 55.1 Å². The van der Waals surface area contributed by atoms with Gasteiger partial charge >= 0.3 is 0 Å². The molecule has 0 bridgehead atoms. The Hall–Kier alpha value is -3.13. The second-order valence-electron chi connectivity index (χ2n) is 7.53. The standard InChI is InChI=1S/C23H17ClN6S/c1-30(2)31-12-7-8-16-15(11-12)17(22(24)27-16)23-28-20-13-5-3-9-25-18(13)19-14(21(20)29-23)6-4-10-26-19/h3-11,27H,1-2H3,(H,28,29). The van der Waals surface area contributed by atoms with Crippen molar-refractivity contribution in [3.63, 3.8) is 0 Å². The molecule has 0 unspecified atom stereocenters. The number of aromatic amines is 2. The molecule has 0 aliphatic carbocycles. The lowest BCUT2D eigenvalue weighted by atomic mass is 10.1. The smallest absolute Gasteiger partial charge is 0.142 e. The highest BCUT2D eigenvalue weighted by Gasteiger charge is 2.19. The molecule has 0 fully saturated rings. The number of halogens is 1. The van der Waals surface area contributed by atoms with Crippen LogP contribution in [0.15, 0.2) is 59.8 Å². The van der Waals surface area contributed by atoms with Gasteiger partial charge in [0.05, 0.1) is 27.6 Å². The van der Waals surface area contributed by atoms with E-state index in [0.717, 1.165) is 60.0 Å². The van der Waals surface area contributed by atoms with Crippen LogP contribution in [0.2, 0.25) is 5.15 Å². The molecule has 6 aromatic rings. The van der Waals surface area contributed by atoms with Crippen molar-refractivity contribution in [2.75, 3.05) is 14.1 Å². The van der Waals surface area contributed by atoms with Crippen LogP contribution in [0, 0.1) is 0 Å². The molecule has 152 valence electrons. The summed E-state index contributed by atoms with van der Waals surface area (Å²) in [6.45, 7) is 0. The molecule has 2 N–H and O–H groups in total. The number of nitrogens with zero attached hydrogens (tertiary/aromatic N) is 4. The number of aromatic nitrogens is 5. The molecule has 0 radical (unpaired) electrons. The summed E-state index contributed by atoms with van der Waals surface area (Å²) in [5, 5.41) is 3.54. The van der Waals surface area contributed by atoms with Gasteiger partial charge < -0.3 is 9.97 Å². The molecular formula is C23H17ClN6S. The molecule has 0 saturated heterocycles. The molecule has 0 saturated carbocycles. The maximum absolute atomic E-state index is 6.67. The maximum Gasteiger partial charge on any atom is 0.142 e. The Morgan fingerprint density at radius 1 is 0.871 bits per heavy atom. The number of pyridine rings is 2. The number of hydrogen-bond donors (Lipinski definition) is 2. The van der Waals surface area contributed by atoms with Crippen LogP contribution in [0.4, 0.5) is 0 Å². The van der Waals surface area contributed by atoms with E-state index >= 15 is 0 Å². The minimum atomic E-state index is 0.561. The minimum absolute atomic E-state index is 0.561. The van der Waals surface area contributed by atoms with E-state index in [4.69, 9.17) is 16.6 Å². The van der Waals surface area contributed by atoms with Gasteiger partial charge in [0.25, 0.3) is 0 Å². The van der Waals surface area contributed by atoms with Gasteiger partial charge in [0.2, 0.25) is 0 Å². The first-order valence-electron chi connectivity index (χ1n) is 9.78. The lowest BCUT2D eigenvalue weighted by molar-refractivity contribution is 0.703. The fourth-order valence-corrected chi connectivity index (χ4v) is 5.11. The number of rotatable bonds is 3. The Balaban J connectivity index is 1.68. The first-order valence-corrected chi connectivity index (χ1v) is 10.9. The van der Waals surface area contributed by atoms with Crippen LogP contribution < -0.4 is 0 Å². The van der Waals surface area contributed by atoms with E-state index in [2.05, 4.69) is 42.4 Å². The van der Waals surface area contributed by atoms with E-state index in [1.54, 1.807) is 24.3 Å². The number of hydrogen-bond acceptors (Lipinski definition) is 5. The van der Waals surface area contributed by atoms with Crippen molar-refractivity contribution >= 4 is 67.3 Å². The lowest BCUT2D eigenvalue weighted by Gasteiger charge is -2.08. The third kappa shape index (κ3) is 2.89. The molecule has 0 aliphatic rings. The van der Waals surface area contributed by atoms with E-state index in [1.807, 2.05) is 38.4 Å². The second-order valence-corrected chi connectivity index (χ2v) is 9.30. The number of imidazole rings is 1. The van der Waals surface area contributed by atoms with Crippen LogP contribution in [0.5, 0.6) is 0 Å². The maximum atomic E-state index is 6.67. The quantitative estimate of drug-likeness (QED) is 0.257. The Labute approximate surface area is 186 Å². The van der Waals surface area contributed by atoms with E-state index in [-0.39, 0.29) is 0 Å². The van der Waals surface area contributed by atoms with Gasteiger partial charge in [0.15, 0.2) is 0 Å². The fraction of sp³-hybridized carbons (Fsp3) is 0.0870. The van der Waals surface area contributed by atoms with Crippen LogP contribution >= 0.6 is 23.5 Å². The van der Waals surface area contributed by atoms with Crippen molar-refractivity contribution in [1.29, 1.82) is 0 Å². The molecule has 31 heavy (non-hydrogen) atoms. The van der Waals surface area contributed by atoms with E-state index < -0.39 is 0 Å². The van der Waals surface area contributed by atoms with Gasteiger partial charge in [-0.15, -0.1) is 0 Å². The molecule has 4 aromatic heterocycles. The van der Waals surface area contributed by atoms with E-state index in [1.165, 1.54) is 0 Å². The predicted octanol–water partition coefficient (Wildman–Crippen LogP) is 6.03. The Bertz CT molecular complexity index is 1540. The average molecular weight is 445 g/mol. The summed E-state index contributed by atoms with van der Waals surface area (Å²) in [7, 11) is 4.05. The van der Waals surface area contributed by atoms with Gasteiger partial charge in [-0.2, -0.15) is 0 Å². The zero-order valence-electron chi connectivity index (χ0n) is 16.8. The zero-order valence-corrected chi connectivity index (χ0v) is 18.3. The van der Waals surface area contributed by atoms with E-state index in [9.17, 15) is 0 Å². The number of fused-ring (bicyclic) bond motifs is 7. The Morgan fingerprint density at radius 3 is 2.39 bits per heavy atom. The molecule has 0 aliphatic heterocycles. The van der Waals surface area contributed by atoms with Gasteiger partial charge in [-0.3, -0.25) is 14.3 Å². The normalized spacial score (nSPS) is 12.1. The summed E-state index contributed by atoms with van der Waals surface area (Å²) in [5.41, 5.74) is 5.34. The summed E-state index contributed by atoms with van der Waals surface area (Å²) in [6, 6.07) is 14.2. The van der Waals surface area contributed by atoms with Crippen molar-refractivity contribution in [3.05, 3.63) is 60.0 Å². The summed E-state index contributed by atoms with van der Waals surface area (Å²) in [5.74, 6) is 0.722. The molecule has 6 rings (SSSR count). The first kappa shape index (κ1) is 18.6. The average Bonchev–Trinajstić information content (AvgIpc) is 3.34. The third-order valence-corrected chi connectivity index (χ3v) is 6.43. The number of H-pyrrole nitrogens is 2. The zero-order chi connectivity index (χ0) is 21.1. The third-order valence-electron chi connectivity index (χ3n) is 5.32. The predicted molar refractivity (Wildman–Crippen MR) is 129 cm³/mol. The van der Waals surface area contributed by atoms with Gasteiger partial charge in [-0.25, -0.2) is 4.98 Å². The minimum Gasteiger partial charge on any atom is -0.345 e. The van der Waals surface area contributed by atoms with Gasteiger partial charge in [-0.05, 0) is 68.5 Å². The van der Waals surface area contributed by atoms with Crippen molar-refractivity contribution < 1.29 is 0 Å². The fourth-order valence-electron chi connectivity index (χ4n) is 4.10. The highest BCUT2D eigenvalue weighted by atomic mass is 35.5. The SMILES string of the molecule is CN(C)Sc1ccc2[nH]c(Cl)c(-c3nc4c5cccnc5c5ncccc5c4[nH]3)c2c1. The van der Waals surface area contributed by atoms with Crippen LogP contribution in [-0.2, 0) is 0 Å². The molecule has 0 amide bonds. The largest absolute Gasteiger partial charge is 0.345 e. The van der Waals surface area contributed by atoms with Gasteiger partial charge in [-0.1, -0.05) is 11.6 Å². The molecular weight excluding hydrogens is 428 g/mol. The summed E-state index contributed by atoms with van der Waals surface area (Å²) in [4.78, 5) is 22.1. The van der Waals surface area contributed by atoms with E-state index in [0.29, 0.717) is 5.15 Å². The molecule has 6 nitrogen and oxygen atoms in total. The number of benzene rings is 2. The molecule has 4 heterocycles.